The van der Waals surface area contributed by atoms with E-state index < -0.39 is 5.97 Å². The molecule has 4 rings (SSSR count). The summed E-state index contributed by atoms with van der Waals surface area (Å²) in [6, 6.07) is 16.0. The van der Waals surface area contributed by atoms with Crippen LogP contribution < -0.4 is 5.43 Å². The average Bonchev–Trinajstić information content (AvgIpc) is 2.67. The van der Waals surface area contributed by atoms with Gasteiger partial charge in [-0.3, -0.25) is 9.59 Å². The molecule has 0 saturated carbocycles. The molecule has 1 heterocycles. The van der Waals surface area contributed by atoms with Crippen LogP contribution in [0.1, 0.15) is 31.8 Å². The number of carboxylic acid groups (broad SMARTS) is 1. The minimum Gasteiger partial charge on any atom is -0.478 e. The highest BCUT2D eigenvalue weighted by atomic mass is 16.4. The Balaban J connectivity index is 1.87. The summed E-state index contributed by atoms with van der Waals surface area (Å²) in [6.07, 6.45) is 0. The molecule has 0 spiro atoms. The minimum absolute atomic E-state index is 0.0142. The lowest BCUT2D eigenvalue weighted by molar-refractivity contribution is 0.0697. The third-order valence-electron chi connectivity index (χ3n) is 4.49. The first-order chi connectivity index (χ1) is 12.9. The summed E-state index contributed by atoms with van der Waals surface area (Å²) in [5, 5.41) is 9.59. The average molecular weight is 358 g/mol. The predicted molar refractivity (Wildman–Crippen MR) is 102 cm³/mol. The van der Waals surface area contributed by atoms with Crippen LogP contribution in [0.5, 0.6) is 0 Å². The van der Waals surface area contributed by atoms with Gasteiger partial charge < -0.3 is 9.52 Å². The van der Waals surface area contributed by atoms with Crippen LogP contribution in [0.2, 0.25) is 0 Å². The molecule has 0 saturated heterocycles. The van der Waals surface area contributed by atoms with E-state index in [1.54, 1.807) is 24.3 Å². The molecule has 0 fully saturated rings. The van der Waals surface area contributed by atoms with Crippen LogP contribution in [-0.4, -0.2) is 16.9 Å². The number of benzene rings is 3. The van der Waals surface area contributed by atoms with E-state index in [0.717, 1.165) is 5.56 Å². The topological polar surface area (TPSA) is 84.6 Å². The van der Waals surface area contributed by atoms with Crippen molar-refractivity contribution in [2.24, 2.45) is 0 Å². The summed E-state index contributed by atoms with van der Waals surface area (Å²) in [6.45, 7) is 1.94. The molecule has 0 bridgehead atoms. The molecular weight excluding hydrogens is 344 g/mol. The van der Waals surface area contributed by atoms with Crippen molar-refractivity contribution < 1.29 is 19.1 Å². The van der Waals surface area contributed by atoms with Gasteiger partial charge in [0, 0.05) is 11.1 Å². The lowest BCUT2D eigenvalue weighted by Gasteiger charge is -2.05. The molecule has 4 aromatic rings. The number of carbonyl (C=O) groups is 2. The fraction of sp³-hybridized carbons (Fsp3) is 0.0455. The van der Waals surface area contributed by atoms with E-state index in [2.05, 4.69) is 0 Å². The van der Waals surface area contributed by atoms with E-state index >= 15 is 0 Å². The molecule has 1 N–H and O–H groups in total. The number of carbonyl (C=O) groups excluding carboxylic acids is 1. The van der Waals surface area contributed by atoms with Crippen molar-refractivity contribution in [3.8, 4) is 0 Å². The van der Waals surface area contributed by atoms with Crippen LogP contribution in [0, 0.1) is 6.92 Å². The molecule has 0 aliphatic rings. The number of hydrogen-bond donors (Lipinski definition) is 1. The summed E-state index contributed by atoms with van der Waals surface area (Å²) >= 11 is 0. The molecule has 132 valence electrons. The Morgan fingerprint density at radius 2 is 1.44 bits per heavy atom. The summed E-state index contributed by atoms with van der Waals surface area (Å²) in [5.74, 6) is -1.28. The lowest BCUT2D eigenvalue weighted by atomic mass is 10.0. The highest BCUT2D eigenvalue weighted by Gasteiger charge is 2.14. The fourth-order valence-corrected chi connectivity index (χ4v) is 3.00. The highest BCUT2D eigenvalue weighted by Crippen LogP contribution is 2.22. The number of hydrogen-bond acceptors (Lipinski definition) is 4. The zero-order valence-corrected chi connectivity index (χ0v) is 14.4. The Bertz CT molecular complexity index is 1280. The third-order valence-corrected chi connectivity index (χ3v) is 4.49. The number of ketones is 1. The first-order valence-electron chi connectivity index (χ1n) is 8.29. The molecule has 1 aromatic heterocycles. The van der Waals surface area contributed by atoms with Gasteiger partial charge in [-0.15, -0.1) is 0 Å². The highest BCUT2D eigenvalue weighted by molar-refractivity contribution is 6.10. The molecule has 0 unspecified atom stereocenters. The smallest absolute Gasteiger partial charge is 0.335 e. The molecule has 3 aromatic carbocycles. The standard InChI is InChI=1S/C22H14O5/c1-12-2-4-13(5-3-12)20(23)14-6-8-16-19(11-14)27-18-9-7-15(22(25)26)10-17(18)21(16)24/h2-11H,1H3,(H,25,26). The van der Waals surface area contributed by atoms with Crippen molar-refractivity contribution >= 4 is 33.7 Å². The second-order valence-corrected chi connectivity index (χ2v) is 6.35. The molecule has 0 aliphatic heterocycles. The second kappa shape index (κ2) is 6.21. The van der Waals surface area contributed by atoms with Gasteiger partial charge in [0.25, 0.3) is 0 Å². The van der Waals surface area contributed by atoms with Crippen LogP contribution in [0.25, 0.3) is 21.9 Å². The SMILES string of the molecule is Cc1ccc(C(=O)c2ccc3c(=O)c4cc(C(=O)O)ccc4oc3c2)cc1. The second-order valence-electron chi connectivity index (χ2n) is 6.35. The molecule has 0 aliphatic carbocycles. The van der Waals surface area contributed by atoms with Gasteiger partial charge in [0.1, 0.15) is 11.2 Å². The molecular formula is C22H14O5. The van der Waals surface area contributed by atoms with E-state index in [-0.39, 0.29) is 33.3 Å². The van der Waals surface area contributed by atoms with Gasteiger partial charge in [-0.2, -0.15) is 0 Å². The number of carboxylic acids is 1. The van der Waals surface area contributed by atoms with Crippen LogP contribution in [0.4, 0.5) is 0 Å². The van der Waals surface area contributed by atoms with E-state index in [0.29, 0.717) is 16.5 Å². The number of aryl methyl sites for hydroxylation is 1. The zero-order chi connectivity index (χ0) is 19.1. The van der Waals surface area contributed by atoms with Crippen molar-refractivity contribution in [3.63, 3.8) is 0 Å². The Labute approximate surface area is 153 Å². The van der Waals surface area contributed by atoms with Gasteiger partial charge in [-0.1, -0.05) is 35.9 Å². The van der Waals surface area contributed by atoms with Gasteiger partial charge in [-0.05, 0) is 37.3 Å². The maximum absolute atomic E-state index is 12.7. The predicted octanol–water partition coefficient (Wildman–Crippen LogP) is 4.18. The zero-order valence-electron chi connectivity index (χ0n) is 14.4. The molecule has 0 radical (unpaired) electrons. The molecule has 5 nitrogen and oxygen atoms in total. The monoisotopic (exact) mass is 358 g/mol. The van der Waals surface area contributed by atoms with Crippen molar-refractivity contribution in [2.45, 2.75) is 6.92 Å². The van der Waals surface area contributed by atoms with Crippen molar-refractivity contribution in [1.29, 1.82) is 0 Å². The summed E-state index contributed by atoms with van der Waals surface area (Å²) in [5.41, 5.74) is 2.27. The number of aromatic carboxylic acids is 1. The fourth-order valence-electron chi connectivity index (χ4n) is 3.00. The van der Waals surface area contributed by atoms with E-state index in [4.69, 9.17) is 9.52 Å². The van der Waals surface area contributed by atoms with Crippen LogP contribution in [0.15, 0.2) is 69.9 Å². The Morgan fingerprint density at radius 3 is 2.15 bits per heavy atom. The van der Waals surface area contributed by atoms with Crippen molar-refractivity contribution in [1.82, 2.24) is 0 Å². The van der Waals surface area contributed by atoms with Gasteiger partial charge in [0.15, 0.2) is 5.78 Å². The van der Waals surface area contributed by atoms with Gasteiger partial charge >= 0.3 is 5.97 Å². The number of rotatable bonds is 3. The van der Waals surface area contributed by atoms with E-state index in [9.17, 15) is 14.4 Å². The largest absolute Gasteiger partial charge is 0.478 e. The molecule has 0 atom stereocenters. The lowest BCUT2D eigenvalue weighted by Crippen LogP contribution is -2.06. The number of fused-ring (bicyclic) bond motifs is 2. The van der Waals surface area contributed by atoms with Crippen LogP contribution in [-0.2, 0) is 0 Å². The molecule has 27 heavy (non-hydrogen) atoms. The van der Waals surface area contributed by atoms with Crippen molar-refractivity contribution in [3.05, 3.63) is 93.1 Å². The maximum atomic E-state index is 12.7. The van der Waals surface area contributed by atoms with Crippen LogP contribution >= 0.6 is 0 Å². The Kier molecular flexibility index (Phi) is 3.85. The van der Waals surface area contributed by atoms with Crippen molar-refractivity contribution in [2.75, 3.05) is 0 Å². The van der Waals surface area contributed by atoms with E-state index in [1.807, 2.05) is 19.1 Å². The summed E-state index contributed by atoms with van der Waals surface area (Å²) in [4.78, 5) is 36.5. The Morgan fingerprint density at radius 1 is 0.778 bits per heavy atom. The normalized spacial score (nSPS) is 11.0. The molecule has 0 amide bonds. The first kappa shape index (κ1) is 16.7. The first-order valence-corrected chi connectivity index (χ1v) is 8.29. The van der Waals surface area contributed by atoms with Gasteiger partial charge in [0.2, 0.25) is 5.43 Å². The van der Waals surface area contributed by atoms with Gasteiger partial charge in [-0.25, -0.2) is 4.79 Å². The van der Waals surface area contributed by atoms with E-state index in [1.165, 1.54) is 24.3 Å². The Hall–Kier alpha value is -3.73. The maximum Gasteiger partial charge on any atom is 0.335 e. The quantitative estimate of drug-likeness (QED) is 0.439. The van der Waals surface area contributed by atoms with Crippen LogP contribution in [0.3, 0.4) is 0 Å². The minimum atomic E-state index is -1.12. The molecule has 5 heteroatoms. The third kappa shape index (κ3) is 2.89. The summed E-state index contributed by atoms with van der Waals surface area (Å²) in [7, 11) is 0. The summed E-state index contributed by atoms with van der Waals surface area (Å²) < 4.78 is 5.76. The van der Waals surface area contributed by atoms with Gasteiger partial charge in [0.05, 0.1) is 16.3 Å².